The van der Waals surface area contributed by atoms with Crippen LogP contribution < -0.4 is 0 Å². The standard InChI is InChI=1S/C16H17FN2O2/c1-11-4-2-3-9-19(11)16(20)15-10-14(18-21-15)12-5-7-13(17)8-6-12/h5-8,10-11H,2-4,9H2,1H3. The summed E-state index contributed by atoms with van der Waals surface area (Å²) in [6.45, 7) is 2.81. The fourth-order valence-electron chi connectivity index (χ4n) is 2.67. The molecule has 2 aromatic rings. The van der Waals surface area contributed by atoms with Gasteiger partial charge in [-0.2, -0.15) is 0 Å². The minimum atomic E-state index is -0.305. The molecule has 1 saturated heterocycles. The lowest BCUT2D eigenvalue weighted by molar-refractivity contribution is 0.0593. The summed E-state index contributed by atoms with van der Waals surface area (Å²) >= 11 is 0. The van der Waals surface area contributed by atoms with Crippen LogP contribution in [0.5, 0.6) is 0 Å². The quantitative estimate of drug-likeness (QED) is 0.849. The number of carbonyl (C=O) groups excluding carboxylic acids is 1. The maximum atomic E-state index is 12.9. The van der Waals surface area contributed by atoms with Gasteiger partial charge in [-0.25, -0.2) is 4.39 Å². The number of nitrogens with zero attached hydrogens (tertiary/aromatic N) is 2. The first-order valence-electron chi connectivity index (χ1n) is 7.19. The molecule has 1 aliphatic heterocycles. The first-order valence-corrected chi connectivity index (χ1v) is 7.19. The van der Waals surface area contributed by atoms with Crippen molar-refractivity contribution in [2.24, 2.45) is 0 Å². The van der Waals surface area contributed by atoms with Crippen LogP contribution in [0, 0.1) is 5.82 Å². The molecular weight excluding hydrogens is 271 g/mol. The molecule has 110 valence electrons. The summed E-state index contributed by atoms with van der Waals surface area (Å²) in [6, 6.07) is 7.80. The Morgan fingerprint density at radius 3 is 2.81 bits per heavy atom. The van der Waals surface area contributed by atoms with E-state index < -0.39 is 0 Å². The highest BCUT2D eigenvalue weighted by atomic mass is 19.1. The van der Waals surface area contributed by atoms with Crippen LogP contribution in [0.1, 0.15) is 36.7 Å². The van der Waals surface area contributed by atoms with Gasteiger partial charge in [-0.1, -0.05) is 5.16 Å². The van der Waals surface area contributed by atoms with E-state index in [1.807, 2.05) is 11.8 Å². The Balaban J connectivity index is 1.81. The third-order valence-electron chi connectivity index (χ3n) is 3.92. The highest BCUT2D eigenvalue weighted by Gasteiger charge is 2.27. The molecule has 1 aromatic carbocycles. The fraction of sp³-hybridized carbons (Fsp3) is 0.375. The Morgan fingerprint density at radius 2 is 2.10 bits per heavy atom. The van der Waals surface area contributed by atoms with Crippen LogP contribution in [0.15, 0.2) is 34.9 Å². The van der Waals surface area contributed by atoms with Gasteiger partial charge in [0.2, 0.25) is 5.76 Å². The van der Waals surface area contributed by atoms with Crippen LogP contribution in [0.2, 0.25) is 0 Å². The first-order chi connectivity index (χ1) is 10.1. The second-order valence-electron chi connectivity index (χ2n) is 5.43. The number of piperidine rings is 1. The van der Waals surface area contributed by atoms with Crippen LogP contribution in [-0.4, -0.2) is 28.6 Å². The lowest BCUT2D eigenvalue weighted by atomic mass is 10.0. The molecule has 5 heteroatoms. The molecule has 1 aliphatic rings. The molecule has 3 rings (SSSR count). The average molecular weight is 288 g/mol. The zero-order valence-corrected chi connectivity index (χ0v) is 11.9. The second kappa shape index (κ2) is 5.68. The monoisotopic (exact) mass is 288 g/mol. The molecule has 21 heavy (non-hydrogen) atoms. The van der Waals surface area contributed by atoms with E-state index in [-0.39, 0.29) is 23.5 Å². The molecule has 1 fully saturated rings. The number of hydrogen-bond donors (Lipinski definition) is 0. The lowest BCUT2D eigenvalue weighted by Crippen LogP contribution is -2.41. The summed E-state index contributed by atoms with van der Waals surface area (Å²) in [5.74, 6) is -0.188. The van der Waals surface area contributed by atoms with Gasteiger partial charge in [0.1, 0.15) is 11.5 Å². The van der Waals surface area contributed by atoms with Crippen molar-refractivity contribution in [1.82, 2.24) is 10.1 Å². The van der Waals surface area contributed by atoms with Crippen molar-refractivity contribution in [3.63, 3.8) is 0 Å². The van der Waals surface area contributed by atoms with Gasteiger partial charge in [-0.15, -0.1) is 0 Å². The Kier molecular flexibility index (Phi) is 3.73. The Morgan fingerprint density at radius 1 is 1.33 bits per heavy atom. The summed E-state index contributed by atoms with van der Waals surface area (Å²) in [6.07, 6.45) is 3.20. The van der Waals surface area contributed by atoms with E-state index in [1.165, 1.54) is 12.1 Å². The molecule has 0 N–H and O–H groups in total. The number of likely N-dealkylation sites (tertiary alicyclic amines) is 1. The van der Waals surface area contributed by atoms with E-state index in [0.717, 1.165) is 31.4 Å². The van der Waals surface area contributed by atoms with Crippen molar-refractivity contribution >= 4 is 5.91 Å². The van der Waals surface area contributed by atoms with Crippen molar-refractivity contribution in [3.8, 4) is 11.3 Å². The molecule has 0 spiro atoms. The van der Waals surface area contributed by atoms with Gasteiger partial charge in [0.15, 0.2) is 0 Å². The van der Waals surface area contributed by atoms with Crippen LogP contribution >= 0.6 is 0 Å². The van der Waals surface area contributed by atoms with Crippen molar-refractivity contribution in [2.45, 2.75) is 32.2 Å². The van der Waals surface area contributed by atoms with Gasteiger partial charge >= 0.3 is 0 Å². The maximum Gasteiger partial charge on any atom is 0.292 e. The lowest BCUT2D eigenvalue weighted by Gasteiger charge is -2.32. The van der Waals surface area contributed by atoms with Gasteiger partial charge in [0.05, 0.1) is 0 Å². The van der Waals surface area contributed by atoms with Crippen molar-refractivity contribution in [2.75, 3.05) is 6.54 Å². The van der Waals surface area contributed by atoms with E-state index in [1.54, 1.807) is 18.2 Å². The second-order valence-corrected chi connectivity index (χ2v) is 5.43. The van der Waals surface area contributed by atoms with E-state index in [4.69, 9.17) is 4.52 Å². The summed E-state index contributed by atoms with van der Waals surface area (Å²) in [4.78, 5) is 14.3. The zero-order valence-electron chi connectivity index (χ0n) is 11.9. The van der Waals surface area contributed by atoms with E-state index in [2.05, 4.69) is 5.16 Å². The van der Waals surface area contributed by atoms with E-state index in [0.29, 0.717) is 5.69 Å². The predicted octanol–water partition coefficient (Wildman–Crippen LogP) is 3.50. The minimum Gasteiger partial charge on any atom is -0.350 e. The molecule has 0 radical (unpaired) electrons. The van der Waals surface area contributed by atoms with Crippen molar-refractivity contribution in [1.29, 1.82) is 0 Å². The summed E-state index contributed by atoms with van der Waals surface area (Å²) in [5, 5.41) is 3.91. The third kappa shape index (κ3) is 2.82. The number of hydrogen-bond acceptors (Lipinski definition) is 3. The molecular formula is C16H17FN2O2. The number of aromatic nitrogens is 1. The molecule has 1 aromatic heterocycles. The average Bonchev–Trinajstić information content (AvgIpc) is 2.98. The number of rotatable bonds is 2. The molecule has 1 atom stereocenters. The molecule has 2 heterocycles. The normalized spacial score (nSPS) is 18.8. The number of halogens is 1. The molecule has 4 nitrogen and oxygen atoms in total. The predicted molar refractivity (Wildman–Crippen MR) is 76.2 cm³/mol. The number of amides is 1. The van der Waals surface area contributed by atoms with E-state index in [9.17, 15) is 9.18 Å². The van der Waals surface area contributed by atoms with Gasteiger partial charge in [0.25, 0.3) is 5.91 Å². The van der Waals surface area contributed by atoms with Crippen LogP contribution in [0.4, 0.5) is 4.39 Å². The zero-order chi connectivity index (χ0) is 14.8. The van der Waals surface area contributed by atoms with Crippen LogP contribution in [0.3, 0.4) is 0 Å². The smallest absolute Gasteiger partial charge is 0.292 e. The summed E-state index contributed by atoms with van der Waals surface area (Å²) in [5.41, 5.74) is 1.27. The Labute approximate surface area is 122 Å². The van der Waals surface area contributed by atoms with Gasteiger partial charge in [0, 0.05) is 24.2 Å². The number of benzene rings is 1. The summed E-state index contributed by atoms with van der Waals surface area (Å²) < 4.78 is 18.1. The molecule has 0 aliphatic carbocycles. The molecule has 1 amide bonds. The van der Waals surface area contributed by atoms with Gasteiger partial charge < -0.3 is 9.42 Å². The largest absolute Gasteiger partial charge is 0.350 e. The van der Waals surface area contributed by atoms with Gasteiger partial charge in [-0.3, -0.25) is 4.79 Å². The highest BCUT2D eigenvalue weighted by Crippen LogP contribution is 2.23. The molecule has 0 bridgehead atoms. The Bertz CT molecular complexity index is 636. The highest BCUT2D eigenvalue weighted by molar-refractivity contribution is 5.92. The third-order valence-corrected chi connectivity index (χ3v) is 3.92. The summed E-state index contributed by atoms with van der Waals surface area (Å²) in [7, 11) is 0. The fourth-order valence-corrected chi connectivity index (χ4v) is 2.67. The van der Waals surface area contributed by atoms with Gasteiger partial charge in [-0.05, 0) is 50.5 Å². The SMILES string of the molecule is CC1CCCCN1C(=O)c1cc(-c2ccc(F)cc2)no1. The topological polar surface area (TPSA) is 46.3 Å². The molecule has 1 unspecified atom stereocenters. The van der Waals surface area contributed by atoms with E-state index >= 15 is 0 Å². The first kappa shape index (κ1) is 13.8. The van der Waals surface area contributed by atoms with Crippen molar-refractivity contribution in [3.05, 3.63) is 41.9 Å². The Hall–Kier alpha value is -2.17. The van der Waals surface area contributed by atoms with Crippen LogP contribution in [-0.2, 0) is 0 Å². The molecule has 0 saturated carbocycles. The number of carbonyl (C=O) groups is 1. The minimum absolute atomic E-state index is 0.122. The van der Waals surface area contributed by atoms with Crippen molar-refractivity contribution < 1.29 is 13.7 Å². The van der Waals surface area contributed by atoms with Crippen LogP contribution in [0.25, 0.3) is 11.3 Å². The maximum absolute atomic E-state index is 12.9.